The van der Waals surface area contributed by atoms with Crippen molar-refractivity contribution in [1.82, 2.24) is 0 Å². The number of benzene rings is 1. The average molecular weight is 243 g/mol. The summed E-state index contributed by atoms with van der Waals surface area (Å²) in [5, 5.41) is 2.94. The van der Waals surface area contributed by atoms with Crippen molar-refractivity contribution in [3.05, 3.63) is 51.7 Å². The van der Waals surface area contributed by atoms with Crippen molar-refractivity contribution in [1.29, 1.82) is 0 Å². The number of rotatable bonds is 2. The van der Waals surface area contributed by atoms with Gasteiger partial charge in [-0.3, -0.25) is 4.79 Å². The summed E-state index contributed by atoms with van der Waals surface area (Å²) in [6, 6.07) is 12.2. The Morgan fingerprint density at radius 2 is 2.06 bits per heavy atom. The molecule has 1 aliphatic rings. The summed E-state index contributed by atoms with van der Waals surface area (Å²) in [4.78, 5) is 14.5. The van der Waals surface area contributed by atoms with Gasteiger partial charge in [-0.15, -0.1) is 11.3 Å². The molecule has 2 nitrogen and oxygen atoms in total. The zero-order valence-electron chi connectivity index (χ0n) is 9.57. The molecule has 0 saturated carbocycles. The maximum atomic E-state index is 11.9. The van der Waals surface area contributed by atoms with E-state index in [1.54, 1.807) is 11.3 Å². The molecule has 1 aromatic carbocycles. The van der Waals surface area contributed by atoms with Crippen LogP contribution < -0.4 is 5.32 Å². The van der Waals surface area contributed by atoms with Gasteiger partial charge in [-0.05, 0) is 37.1 Å². The molecule has 0 radical (unpaired) electrons. The molecule has 0 unspecified atom stereocenters. The largest absolute Gasteiger partial charge is 0.325 e. The van der Waals surface area contributed by atoms with Gasteiger partial charge < -0.3 is 5.32 Å². The van der Waals surface area contributed by atoms with Crippen LogP contribution in [0.1, 0.15) is 21.2 Å². The minimum absolute atomic E-state index is 0.0238. The molecule has 0 fully saturated rings. The number of para-hydroxylation sites is 1. The second kappa shape index (κ2) is 4.00. The molecule has 2 aromatic rings. The third kappa shape index (κ3) is 1.87. The normalized spacial score (nSPS) is 17.9. The van der Waals surface area contributed by atoms with Gasteiger partial charge >= 0.3 is 0 Å². The number of anilines is 1. The molecule has 0 bridgehead atoms. The van der Waals surface area contributed by atoms with Crippen LogP contribution in [-0.4, -0.2) is 5.91 Å². The predicted molar refractivity (Wildman–Crippen MR) is 70.6 cm³/mol. The highest BCUT2D eigenvalue weighted by Gasteiger charge is 2.30. The number of thiophene rings is 1. The Bertz CT molecular complexity index is 573. The van der Waals surface area contributed by atoms with Crippen LogP contribution in [0.2, 0.25) is 0 Å². The van der Waals surface area contributed by atoms with E-state index in [2.05, 4.69) is 24.4 Å². The Kier molecular flexibility index (Phi) is 2.48. The van der Waals surface area contributed by atoms with Gasteiger partial charge in [0.2, 0.25) is 5.91 Å². The lowest BCUT2D eigenvalue weighted by Gasteiger charge is -2.06. The van der Waals surface area contributed by atoms with E-state index in [1.807, 2.05) is 24.3 Å². The molecule has 3 rings (SSSR count). The number of nitrogens with one attached hydrogen (secondary N) is 1. The third-order valence-electron chi connectivity index (χ3n) is 3.11. The molecule has 1 atom stereocenters. The van der Waals surface area contributed by atoms with E-state index < -0.39 is 0 Å². The highest BCUT2D eigenvalue weighted by Crippen LogP contribution is 2.35. The van der Waals surface area contributed by atoms with Gasteiger partial charge in [0.15, 0.2) is 0 Å². The fraction of sp³-hybridized carbons (Fsp3) is 0.214. The van der Waals surface area contributed by atoms with Crippen LogP contribution >= 0.6 is 11.3 Å². The van der Waals surface area contributed by atoms with Gasteiger partial charge in [0.25, 0.3) is 0 Å². The number of carbonyl (C=O) groups excluding carboxylic acids is 1. The smallest absolute Gasteiger partial charge is 0.232 e. The van der Waals surface area contributed by atoms with Crippen LogP contribution in [0.3, 0.4) is 0 Å². The van der Waals surface area contributed by atoms with Crippen molar-refractivity contribution in [3.63, 3.8) is 0 Å². The number of hydrogen-bond donors (Lipinski definition) is 1. The highest BCUT2D eigenvalue weighted by atomic mass is 32.1. The Balaban J connectivity index is 1.91. The molecule has 1 aliphatic heterocycles. The molecule has 1 aromatic heterocycles. The topological polar surface area (TPSA) is 29.1 Å². The van der Waals surface area contributed by atoms with Gasteiger partial charge in [-0.2, -0.15) is 0 Å². The lowest BCUT2D eigenvalue weighted by Crippen LogP contribution is -2.13. The summed E-state index contributed by atoms with van der Waals surface area (Å²) >= 11 is 1.77. The predicted octanol–water partition coefficient (Wildman–Crippen LogP) is 3.33. The maximum Gasteiger partial charge on any atom is 0.232 e. The summed E-state index contributed by atoms with van der Waals surface area (Å²) < 4.78 is 0. The van der Waals surface area contributed by atoms with Crippen LogP contribution in [0.5, 0.6) is 0 Å². The van der Waals surface area contributed by atoms with Gasteiger partial charge in [0.1, 0.15) is 0 Å². The van der Waals surface area contributed by atoms with Crippen LogP contribution in [0.4, 0.5) is 5.69 Å². The first-order valence-corrected chi connectivity index (χ1v) is 6.51. The molecule has 86 valence electrons. The first-order chi connectivity index (χ1) is 8.24. The maximum absolute atomic E-state index is 11.9. The quantitative estimate of drug-likeness (QED) is 0.861. The van der Waals surface area contributed by atoms with Crippen molar-refractivity contribution in [2.24, 2.45) is 0 Å². The molecule has 1 N–H and O–H groups in total. The standard InChI is InChI=1S/C14H13NOS/c1-9-6-7-10(17-9)8-12-11-4-2-3-5-13(11)15-14(12)16/h2-7,12H,8H2,1H3,(H,15,16)/t12-/m1/s1. The lowest BCUT2D eigenvalue weighted by atomic mass is 9.97. The fourth-order valence-corrected chi connectivity index (χ4v) is 3.21. The summed E-state index contributed by atoms with van der Waals surface area (Å²) in [5.74, 6) is 0.0986. The summed E-state index contributed by atoms with van der Waals surface area (Å²) in [6.07, 6.45) is 0.807. The first kappa shape index (κ1) is 10.5. The highest BCUT2D eigenvalue weighted by molar-refractivity contribution is 7.11. The lowest BCUT2D eigenvalue weighted by molar-refractivity contribution is -0.117. The molecule has 3 heteroatoms. The molecule has 1 amide bonds. The monoisotopic (exact) mass is 243 g/mol. The van der Waals surface area contributed by atoms with E-state index in [0.29, 0.717) is 0 Å². The van der Waals surface area contributed by atoms with Crippen molar-refractivity contribution >= 4 is 22.9 Å². The van der Waals surface area contributed by atoms with E-state index in [0.717, 1.165) is 17.7 Å². The van der Waals surface area contributed by atoms with E-state index in [4.69, 9.17) is 0 Å². The SMILES string of the molecule is Cc1ccc(C[C@H]2C(=O)Nc3ccccc32)s1. The fourth-order valence-electron chi connectivity index (χ4n) is 2.27. The molecule has 0 aliphatic carbocycles. The summed E-state index contributed by atoms with van der Waals surface area (Å²) in [5.41, 5.74) is 2.10. The molecular formula is C14H13NOS. The van der Waals surface area contributed by atoms with Gasteiger partial charge in [-0.25, -0.2) is 0 Å². The van der Waals surface area contributed by atoms with Crippen LogP contribution in [0.25, 0.3) is 0 Å². The summed E-state index contributed by atoms with van der Waals surface area (Å²) in [6.45, 7) is 2.09. The molecule has 2 heterocycles. The zero-order valence-corrected chi connectivity index (χ0v) is 10.4. The number of aryl methyl sites for hydroxylation is 1. The molecule has 17 heavy (non-hydrogen) atoms. The second-order valence-electron chi connectivity index (χ2n) is 4.35. The van der Waals surface area contributed by atoms with Crippen molar-refractivity contribution in [3.8, 4) is 0 Å². The van der Waals surface area contributed by atoms with Crippen molar-refractivity contribution < 1.29 is 4.79 Å². The number of amides is 1. The van der Waals surface area contributed by atoms with Crippen LogP contribution in [0, 0.1) is 6.92 Å². The molecule has 0 spiro atoms. The van der Waals surface area contributed by atoms with Gasteiger partial charge in [-0.1, -0.05) is 18.2 Å². The first-order valence-electron chi connectivity index (χ1n) is 5.69. The van der Waals surface area contributed by atoms with E-state index in [9.17, 15) is 4.79 Å². The Morgan fingerprint density at radius 3 is 2.82 bits per heavy atom. The Hall–Kier alpha value is -1.61. The van der Waals surface area contributed by atoms with Gasteiger partial charge in [0, 0.05) is 15.4 Å². The zero-order chi connectivity index (χ0) is 11.8. The van der Waals surface area contributed by atoms with Crippen LogP contribution in [0.15, 0.2) is 36.4 Å². The number of carbonyl (C=O) groups is 1. The Labute approximate surface area is 104 Å². The molecular weight excluding hydrogens is 230 g/mol. The van der Waals surface area contributed by atoms with Crippen molar-refractivity contribution in [2.45, 2.75) is 19.3 Å². The second-order valence-corrected chi connectivity index (χ2v) is 5.72. The van der Waals surface area contributed by atoms with E-state index in [1.165, 1.54) is 9.75 Å². The van der Waals surface area contributed by atoms with Gasteiger partial charge in [0.05, 0.1) is 5.92 Å². The minimum Gasteiger partial charge on any atom is -0.325 e. The van der Waals surface area contributed by atoms with E-state index >= 15 is 0 Å². The third-order valence-corrected chi connectivity index (χ3v) is 4.13. The number of fused-ring (bicyclic) bond motifs is 1. The Morgan fingerprint density at radius 1 is 1.24 bits per heavy atom. The number of hydrogen-bond acceptors (Lipinski definition) is 2. The van der Waals surface area contributed by atoms with Crippen molar-refractivity contribution in [2.75, 3.05) is 5.32 Å². The average Bonchev–Trinajstić information content (AvgIpc) is 2.85. The van der Waals surface area contributed by atoms with E-state index in [-0.39, 0.29) is 11.8 Å². The summed E-state index contributed by atoms with van der Waals surface area (Å²) in [7, 11) is 0. The molecule has 0 saturated heterocycles. The minimum atomic E-state index is -0.0238. The van der Waals surface area contributed by atoms with Crippen LogP contribution in [-0.2, 0) is 11.2 Å².